The first-order chi connectivity index (χ1) is 12.3. The highest BCUT2D eigenvalue weighted by Crippen LogP contribution is 2.28. The third-order valence-electron chi connectivity index (χ3n) is 3.20. The Morgan fingerprint density at radius 2 is 1.68 bits per heavy atom. The van der Waals surface area contributed by atoms with E-state index < -0.39 is 0 Å². The molecule has 0 unspecified atom stereocenters. The number of nitrogens with one attached hydrogen (secondary N) is 1. The van der Waals surface area contributed by atoms with Gasteiger partial charge in [-0.25, -0.2) is 0 Å². The highest BCUT2D eigenvalue weighted by Gasteiger charge is 2.09. The molecule has 0 aliphatic heterocycles. The molecular weight excluding hydrogens is 354 g/mol. The van der Waals surface area contributed by atoms with E-state index in [9.17, 15) is 4.79 Å². The van der Waals surface area contributed by atoms with Crippen molar-refractivity contribution in [2.75, 3.05) is 11.9 Å². The van der Waals surface area contributed by atoms with Gasteiger partial charge in [0.2, 0.25) is 5.13 Å². The molecule has 3 aromatic rings. The molecule has 1 N–H and O–H groups in total. The summed E-state index contributed by atoms with van der Waals surface area (Å²) in [7, 11) is 0. The van der Waals surface area contributed by atoms with Crippen molar-refractivity contribution in [3.63, 3.8) is 0 Å². The van der Waals surface area contributed by atoms with Gasteiger partial charge in [0.1, 0.15) is 6.61 Å². The third-order valence-corrected chi connectivity index (χ3v) is 5.25. The largest absolute Gasteiger partial charge is 0.367 e. The van der Waals surface area contributed by atoms with Crippen LogP contribution < -0.4 is 5.32 Å². The highest BCUT2D eigenvalue weighted by atomic mass is 32.2. The van der Waals surface area contributed by atoms with Gasteiger partial charge in [-0.1, -0.05) is 83.8 Å². The molecule has 0 radical (unpaired) electrons. The summed E-state index contributed by atoms with van der Waals surface area (Å²) in [6.07, 6.45) is 0. The zero-order valence-electron chi connectivity index (χ0n) is 13.4. The SMILES string of the molecule is O=C(COCc1ccccc1)Nc1nnc(SCc2ccccc2)s1. The van der Waals surface area contributed by atoms with Crippen molar-refractivity contribution in [3.05, 3.63) is 71.8 Å². The summed E-state index contributed by atoms with van der Waals surface area (Å²) in [4.78, 5) is 11.9. The second kappa shape index (κ2) is 9.31. The van der Waals surface area contributed by atoms with E-state index in [1.54, 1.807) is 11.8 Å². The smallest absolute Gasteiger partial charge is 0.252 e. The molecule has 0 atom stereocenters. The molecule has 0 aliphatic carbocycles. The van der Waals surface area contributed by atoms with Crippen LogP contribution >= 0.6 is 23.1 Å². The molecule has 0 bridgehead atoms. The maximum absolute atomic E-state index is 11.9. The zero-order chi connectivity index (χ0) is 17.3. The van der Waals surface area contributed by atoms with Crippen molar-refractivity contribution >= 4 is 34.1 Å². The van der Waals surface area contributed by atoms with Crippen molar-refractivity contribution in [2.24, 2.45) is 0 Å². The standard InChI is InChI=1S/C18H17N3O2S2/c22-16(12-23-11-14-7-3-1-4-8-14)19-17-20-21-18(25-17)24-13-15-9-5-2-6-10-15/h1-10H,11-13H2,(H,19,20,22). The van der Waals surface area contributed by atoms with Crippen LogP contribution in [0.4, 0.5) is 5.13 Å². The number of carbonyl (C=O) groups excluding carboxylic acids is 1. The molecule has 2 aromatic carbocycles. The van der Waals surface area contributed by atoms with Crippen molar-refractivity contribution in [3.8, 4) is 0 Å². The van der Waals surface area contributed by atoms with Gasteiger partial charge in [0.25, 0.3) is 5.91 Å². The molecule has 1 aromatic heterocycles. The fourth-order valence-electron chi connectivity index (χ4n) is 2.03. The molecule has 0 aliphatic rings. The van der Waals surface area contributed by atoms with E-state index in [1.165, 1.54) is 16.9 Å². The maximum atomic E-state index is 11.9. The molecule has 1 amide bonds. The molecule has 0 saturated carbocycles. The number of hydrogen-bond donors (Lipinski definition) is 1. The Balaban J connectivity index is 1.40. The Morgan fingerprint density at radius 1 is 1.00 bits per heavy atom. The van der Waals surface area contributed by atoms with Gasteiger partial charge in [-0.2, -0.15) is 0 Å². The number of hydrogen-bond acceptors (Lipinski definition) is 6. The number of nitrogens with zero attached hydrogens (tertiary/aromatic N) is 2. The van der Waals surface area contributed by atoms with Crippen molar-refractivity contribution in [1.82, 2.24) is 10.2 Å². The van der Waals surface area contributed by atoms with Gasteiger partial charge < -0.3 is 4.74 Å². The van der Waals surface area contributed by atoms with Crippen LogP contribution in [-0.2, 0) is 21.9 Å². The van der Waals surface area contributed by atoms with Crippen LogP contribution in [0.3, 0.4) is 0 Å². The molecule has 5 nitrogen and oxygen atoms in total. The lowest BCUT2D eigenvalue weighted by atomic mass is 10.2. The Bertz CT molecular complexity index is 794. The average molecular weight is 371 g/mol. The first-order valence-electron chi connectivity index (χ1n) is 7.71. The number of benzene rings is 2. The minimum Gasteiger partial charge on any atom is -0.367 e. The van der Waals surface area contributed by atoms with Crippen LogP contribution in [0.5, 0.6) is 0 Å². The van der Waals surface area contributed by atoms with Crippen molar-refractivity contribution in [2.45, 2.75) is 16.7 Å². The van der Waals surface area contributed by atoms with E-state index in [1.807, 2.05) is 48.5 Å². The van der Waals surface area contributed by atoms with E-state index in [0.29, 0.717) is 11.7 Å². The second-order valence-corrected chi connectivity index (χ2v) is 7.37. The summed E-state index contributed by atoms with van der Waals surface area (Å²) >= 11 is 2.96. The Morgan fingerprint density at radius 3 is 2.40 bits per heavy atom. The molecule has 3 rings (SSSR count). The quantitative estimate of drug-likeness (QED) is 0.479. The number of anilines is 1. The fourth-order valence-corrected chi connectivity index (χ4v) is 3.75. The normalized spacial score (nSPS) is 10.6. The molecule has 0 fully saturated rings. The van der Waals surface area contributed by atoms with E-state index in [4.69, 9.17) is 4.74 Å². The highest BCUT2D eigenvalue weighted by molar-refractivity contribution is 8.00. The number of thioether (sulfide) groups is 1. The topological polar surface area (TPSA) is 64.1 Å². The van der Waals surface area contributed by atoms with E-state index in [2.05, 4.69) is 27.6 Å². The molecule has 25 heavy (non-hydrogen) atoms. The summed E-state index contributed by atoms with van der Waals surface area (Å²) in [6, 6.07) is 19.9. The first kappa shape index (κ1) is 17.6. The van der Waals surface area contributed by atoms with Crippen LogP contribution in [0.1, 0.15) is 11.1 Å². The monoisotopic (exact) mass is 371 g/mol. The van der Waals surface area contributed by atoms with Crippen molar-refractivity contribution in [1.29, 1.82) is 0 Å². The number of aromatic nitrogens is 2. The average Bonchev–Trinajstić information content (AvgIpc) is 3.09. The van der Waals surface area contributed by atoms with Gasteiger partial charge in [-0.15, -0.1) is 10.2 Å². The van der Waals surface area contributed by atoms with Crippen LogP contribution in [0, 0.1) is 0 Å². The minimum atomic E-state index is -0.230. The van der Waals surface area contributed by atoms with Crippen molar-refractivity contribution < 1.29 is 9.53 Å². The van der Waals surface area contributed by atoms with Gasteiger partial charge in [-0.05, 0) is 11.1 Å². The molecule has 0 saturated heterocycles. The van der Waals surface area contributed by atoms with Crippen LogP contribution in [0.2, 0.25) is 0 Å². The fraction of sp³-hybridized carbons (Fsp3) is 0.167. The van der Waals surface area contributed by atoms with Crippen LogP contribution in [0.15, 0.2) is 65.0 Å². The predicted octanol–water partition coefficient (Wildman–Crippen LogP) is 3.99. The molecular formula is C18H17N3O2S2. The molecule has 1 heterocycles. The van der Waals surface area contributed by atoms with E-state index in [-0.39, 0.29) is 12.5 Å². The van der Waals surface area contributed by atoms with E-state index >= 15 is 0 Å². The van der Waals surface area contributed by atoms with Gasteiger partial charge in [0.15, 0.2) is 4.34 Å². The van der Waals surface area contributed by atoms with Crippen LogP contribution in [-0.4, -0.2) is 22.7 Å². The maximum Gasteiger partial charge on any atom is 0.252 e. The number of amides is 1. The summed E-state index contributed by atoms with van der Waals surface area (Å²) in [5.41, 5.74) is 2.26. The van der Waals surface area contributed by atoms with E-state index in [0.717, 1.165) is 15.7 Å². The van der Waals surface area contributed by atoms with Gasteiger partial charge in [0.05, 0.1) is 6.61 Å². The Kier molecular flexibility index (Phi) is 6.55. The minimum absolute atomic E-state index is 0.0129. The lowest BCUT2D eigenvalue weighted by molar-refractivity contribution is -0.121. The zero-order valence-corrected chi connectivity index (χ0v) is 15.1. The summed E-state index contributed by atoms with van der Waals surface area (Å²) < 4.78 is 6.23. The lowest BCUT2D eigenvalue weighted by Gasteiger charge is -2.03. The van der Waals surface area contributed by atoms with Gasteiger partial charge in [0, 0.05) is 5.75 Å². The van der Waals surface area contributed by atoms with Crippen LogP contribution in [0.25, 0.3) is 0 Å². The van der Waals surface area contributed by atoms with Gasteiger partial charge in [-0.3, -0.25) is 10.1 Å². The Labute approximate surface area is 154 Å². The number of rotatable bonds is 8. The van der Waals surface area contributed by atoms with Gasteiger partial charge >= 0.3 is 0 Å². The molecule has 128 valence electrons. The predicted molar refractivity (Wildman–Crippen MR) is 101 cm³/mol. The Hall–Kier alpha value is -2.22. The molecule has 0 spiro atoms. The summed E-state index contributed by atoms with van der Waals surface area (Å²) in [5.74, 6) is 0.593. The number of carbonyl (C=O) groups is 1. The lowest BCUT2D eigenvalue weighted by Crippen LogP contribution is -2.18. The summed E-state index contributed by atoms with van der Waals surface area (Å²) in [6.45, 7) is 0.392. The second-order valence-electron chi connectivity index (χ2n) is 5.17. The first-order valence-corrected chi connectivity index (χ1v) is 9.51. The third kappa shape index (κ3) is 5.97. The number of ether oxygens (including phenoxy) is 1. The molecule has 7 heteroatoms. The summed E-state index contributed by atoms with van der Waals surface area (Å²) in [5, 5.41) is 11.3.